The lowest BCUT2D eigenvalue weighted by molar-refractivity contribution is 0.415. The van der Waals surface area contributed by atoms with Gasteiger partial charge in [-0.3, -0.25) is 5.10 Å². The highest BCUT2D eigenvalue weighted by atomic mass is 16.5. The van der Waals surface area contributed by atoms with E-state index in [1.165, 1.54) is 12.8 Å². The minimum atomic E-state index is 0.688. The zero-order valence-electron chi connectivity index (χ0n) is 17.7. The maximum atomic E-state index is 5.70. The van der Waals surface area contributed by atoms with Gasteiger partial charge in [0.05, 0.1) is 30.2 Å². The number of nitrogens with one attached hydrogen (secondary N) is 2. The lowest BCUT2D eigenvalue weighted by atomic mass is 10.1. The van der Waals surface area contributed by atoms with Crippen molar-refractivity contribution < 1.29 is 4.74 Å². The molecule has 0 amide bonds. The Morgan fingerprint density at radius 3 is 2.88 bits per heavy atom. The fraction of sp³-hybridized carbons (Fsp3) is 0.208. The largest absolute Gasteiger partial charge is 0.495 e. The number of hydrogen-bond donors (Lipinski definition) is 2. The van der Waals surface area contributed by atoms with Crippen LogP contribution in [0.4, 0.5) is 17.2 Å². The van der Waals surface area contributed by atoms with E-state index in [1.54, 1.807) is 13.3 Å². The Balaban J connectivity index is 1.39. The van der Waals surface area contributed by atoms with Crippen LogP contribution in [-0.4, -0.2) is 44.8 Å². The summed E-state index contributed by atoms with van der Waals surface area (Å²) in [7, 11) is 1.72. The number of H-pyrrole nitrogens is 1. The highest BCUT2D eigenvalue weighted by Gasteiger charge is 2.17. The summed E-state index contributed by atoms with van der Waals surface area (Å²) in [6.45, 7) is 2.14. The number of methoxy groups -OCH3 is 1. The number of fused-ring (bicyclic) bond motifs is 2. The highest BCUT2D eigenvalue weighted by Crippen LogP contribution is 2.35. The topological polar surface area (TPSA) is 83.4 Å². The number of rotatable bonds is 5. The van der Waals surface area contributed by atoms with Crippen molar-refractivity contribution in [2.24, 2.45) is 0 Å². The first kappa shape index (κ1) is 18.7. The van der Waals surface area contributed by atoms with Gasteiger partial charge in [-0.2, -0.15) is 5.10 Å². The van der Waals surface area contributed by atoms with Crippen LogP contribution in [0.5, 0.6) is 5.75 Å². The molecule has 3 aromatic heterocycles. The second-order valence-electron chi connectivity index (χ2n) is 8.01. The van der Waals surface area contributed by atoms with Crippen LogP contribution in [0.25, 0.3) is 27.8 Å². The number of hydrogen-bond acceptors (Lipinski definition) is 6. The van der Waals surface area contributed by atoms with Crippen LogP contribution in [0.15, 0.2) is 61.2 Å². The number of aromatic nitrogens is 5. The van der Waals surface area contributed by atoms with Crippen molar-refractivity contribution in [2.45, 2.75) is 12.8 Å². The Hall–Kier alpha value is -4.07. The summed E-state index contributed by atoms with van der Waals surface area (Å²) >= 11 is 0. The van der Waals surface area contributed by atoms with Gasteiger partial charge in [-0.1, -0.05) is 12.1 Å². The third-order valence-electron chi connectivity index (χ3n) is 6.00. The number of nitrogens with zero attached hydrogens (tertiary/aromatic N) is 5. The van der Waals surface area contributed by atoms with Crippen LogP contribution in [0.2, 0.25) is 0 Å². The van der Waals surface area contributed by atoms with Gasteiger partial charge in [0.1, 0.15) is 5.75 Å². The molecule has 1 saturated heterocycles. The smallest absolute Gasteiger partial charge is 0.180 e. The zero-order chi connectivity index (χ0) is 21.5. The zero-order valence-corrected chi connectivity index (χ0v) is 17.7. The van der Waals surface area contributed by atoms with Gasteiger partial charge in [0.25, 0.3) is 0 Å². The molecular formula is C24H23N7O. The Labute approximate surface area is 184 Å². The van der Waals surface area contributed by atoms with Crippen molar-refractivity contribution >= 4 is 33.7 Å². The second kappa shape index (κ2) is 7.56. The van der Waals surface area contributed by atoms with Crippen LogP contribution in [0.3, 0.4) is 0 Å². The maximum absolute atomic E-state index is 5.70. The molecule has 5 aromatic rings. The van der Waals surface area contributed by atoms with Crippen LogP contribution >= 0.6 is 0 Å². The molecule has 8 nitrogen and oxygen atoms in total. The summed E-state index contributed by atoms with van der Waals surface area (Å²) in [5.74, 6) is 1.55. The Morgan fingerprint density at radius 2 is 2.00 bits per heavy atom. The molecule has 0 bridgehead atoms. The SMILES string of the molecule is COc1cc(Nc2nc(-c3ccc4cn[nH]c4c3)cn3ccnc23)ccc1N1CCCC1. The van der Waals surface area contributed by atoms with E-state index in [4.69, 9.17) is 9.72 Å². The molecule has 1 fully saturated rings. The van der Waals surface area contributed by atoms with E-state index >= 15 is 0 Å². The van der Waals surface area contributed by atoms with Gasteiger partial charge < -0.3 is 19.4 Å². The highest BCUT2D eigenvalue weighted by molar-refractivity contribution is 5.84. The van der Waals surface area contributed by atoms with Crippen LogP contribution in [0.1, 0.15) is 12.8 Å². The predicted octanol–water partition coefficient (Wildman–Crippen LogP) is 4.63. The predicted molar refractivity (Wildman–Crippen MR) is 126 cm³/mol. The number of ether oxygens (including phenoxy) is 1. The maximum Gasteiger partial charge on any atom is 0.180 e. The molecule has 8 heteroatoms. The summed E-state index contributed by atoms with van der Waals surface area (Å²) < 4.78 is 7.69. The van der Waals surface area contributed by atoms with Crippen molar-refractivity contribution in [3.05, 3.63) is 61.2 Å². The summed E-state index contributed by atoms with van der Waals surface area (Å²) in [5.41, 5.74) is 5.63. The molecule has 1 aliphatic heterocycles. The Kier molecular flexibility index (Phi) is 4.41. The molecule has 160 valence electrons. The van der Waals surface area contributed by atoms with Crippen molar-refractivity contribution in [1.29, 1.82) is 0 Å². The van der Waals surface area contributed by atoms with E-state index in [2.05, 4.69) is 49.7 Å². The summed E-state index contributed by atoms with van der Waals surface area (Å²) in [5, 5.41) is 11.7. The van der Waals surface area contributed by atoms with Gasteiger partial charge in [-0.15, -0.1) is 0 Å². The molecule has 0 saturated carbocycles. The Bertz CT molecular complexity index is 1410. The van der Waals surface area contributed by atoms with Gasteiger partial charge in [0, 0.05) is 54.4 Å². The van der Waals surface area contributed by atoms with Gasteiger partial charge in [-0.25, -0.2) is 9.97 Å². The molecule has 0 spiro atoms. The first-order valence-corrected chi connectivity index (χ1v) is 10.8. The van der Waals surface area contributed by atoms with Crippen molar-refractivity contribution in [3.8, 4) is 17.0 Å². The van der Waals surface area contributed by atoms with E-state index in [0.717, 1.165) is 58.0 Å². The molecule has 1 aliphatic rings. The molecule has 0 atom stereocenters. The van der Waals surface area contributed by atoms with Crippen LogP contribution in [0, 0.1) is 0 Å². The molecular weight excluding hydrogens is 402 g/mol. The van der Waals surface area contributed by atoms with Gasteiger partial charge >= 0.3 is 0 Å². The summed E-state index contributed by atoms with van der Waals surface area (Å²) in [4.78, 5) is 11.8. The minimum Gasteiger partial charge on any atom is -0.495 e. The van der Waals surface area contributed by atoms with Crippen LogP contribution < -0.4 is 15.0 Å². The normalized spacial score (nSPS) is 13.8. The number of aromatic amines is 1. The molecule has 4 heterocycles. The molecule has 0 aliphatic carbocycles. The molecule has 0 radical (unpaired) electrons. The Morgan fingerprint density at radius 1 is 1.09 bits per heavy atom. The average molecular weight is 425 g/mol. The van der Waals surface area contributed by atoms with Crippen LogP contribution in [-0.2, 0) is 0 Å². The third kappa shape index (κ3) is 3.20. The number of imidazole rings is 1. The lowest BCUT2D eigenvalue weighted by Gasteiger charge is -2.21. The standard InChI is InChI=1S/C24H23N7O/c1-32-22-13-18(6-7-21(22)30-9-2-3-10-30)27-23-24-25-8-11-31(24)15-20(28-23)16-4-5-17-14-26-29-19(17)12-16/h4-8,11-15H,2-3,9-10H2,1H3,(H,26,29)(H,27,28). The van der Waals surface area contributed by atoms with E-state index in [1.807, 2.05) is 35.1 Å². The fourth-order valence-corrected chi connectivity index (χ4v) is 4.36. The number of benzene rings is 2. The van der Waals surface area contributed by atoms with E-state index < -0.39 is 0 Å². The first-order valence-electron chi connectivity index (χ1n) is 10.8. The van der Waals surface area contributed by atoms with Gasteiger partial charge in [-0.05, 0) is 31.0 Å². The lowest BCUT2D eigenvalue weighted by Crippen LogP contribution is -2.18. The van der Waals surface area contributed by atoms with Crippen molar-refractivity contribution in [1.82, 2.24) is 24.6 Å². The average Bonchev–Trinajstić information content (AvgIpc) is 3.60. The first-order chi connectivity index (χ1) is 15.8. The van der Waals surface area contributed by atoms with E-state index in [9.17, 15) is 0 Å². The van der Waals surface area contributed by atoms with Crippen molar-refractivity contribution in [3.63, 3.8) is 0 Å². The molecule has 2 aromatic carbocycles. The number of anilines is 3. The minimum absolute atomic E-state index is 0.688. The second-order valence-corrected chi connectivity index (χ2v) is 8.01. The van der Waals surface area contributed by atoms with Gasteiger partial charge in [0.15, 0.2) is 11.5 Å². The fourth-order valence-electron chi connectivity index (χ4n) is 4.36. The molecule has 2 N–H and O–H groups in total. The van der Waals surface area contributed by atoms with E-state index in [0.29, 0.717) is 5.82 Å². The summed E-state index contributed by atoms with van der Waals surface area (Å²) in [6.07, 6.45) is 9.96. The van der Waals surface area contributed by atoms with E-state index in [-0.39, 0.29) is 0 Å². The molecule has 0 unspecified atom stereocenters. The quantitative estimate of drug-likeness (QED) is 0.427. The molecule has 6 rings (SSSR count). The molecule has 32 heavy (non-hydrogen) atoms. The third-order valence-corrected chi connectivity index (χ3v) is 6.00. The van der Waals surface area contributed by atoms with Gasteiger partial charge in [0.2, 0.25) is 0 Å². The monoisotopic (exact) mass is 425 g/mol. The van der Waals surface area contributed by atoms with Crippen molar-refractivity contribution in [2.75, 3.05) is 30.4 Å². The summed E-state index contributed by atoms with van der Waals surface area (Å²) in [6, 6.07) is 12.4.